The van der Waals surface area contributed by atoms with Gasteiger partial charge in [0.25, 0.3) is 0 Å². The van der Waals surface area contributed by atoms with Gasteiger partial charge in [0.1, 0.15) is 6.10 Å². The maximum Gasteiger partial charge on any atom is 0.104 e. The molecule has 0 bridgehead atoms. The minimum Gasteiger partial charge on any atom is -0.384 e. The van der Waals surface area contributed by atoms with Gasteiger partial charge in [-0.3, -0.25) is 0 Å². The second-order valence-electron chi connectivity index (χ2n) is 3.83. The van der Waals surface area contributed by atoms with Gasteiger partial charge in [-0.05, 0) is 23.1 Å². The van der Waals surface area contributed by atoms with Crippen molar-refractivity contribution in [1.29, 1.82) is 0 Å². The number of aliphatic hydroxyl groups excluding tert-OH is 1. The van der Waals surface area contributed by atoms with E-state index in [1.807, 2.05) is 36.4 Å². The topological polar surface area (TPSA) is 20.2 Å². The van der Waals surface area contributed by atoms with Crippen molar-refractivity contribution in [2.24, 2.45) is 0 Å². The molecule has 0 amide bonds. The fraction of sp³-hybridized carbons (Fsp3) is 0.118. The van der Waals surface area contributed by atoms with Crippen LogP contribution in [0.2, 0.25) is 0 Å². The van der Waals surface area contributed by atoms with Crippen LogP contribution in [0.1, 0.15) is 18.1 Å². The van der Waals surface area contributed by atoms with E-state index in [1.54, 1.807) is 12.2 Å². The minimum atomic E-state index is -0.653. The number of hydrogen-bond acceptors (Lipinski definition) is 1. The first kappa shape index (κ1) is 14.0. The van der Waals surface area contributed by atoms with Gasteiger partial charge in [0, 0.05) is 0 Å². The van der Waals surface area contributed by atoms with Gasteiger partial charge in [-0.1, -0.05) is 68.3 Å². The Balaban J connectivity index is 2.90. The van der Waals surface area contributed by atoms with Crippen molar-refractivity contribution in [3.63, 3.8) is 0 Å². The Morgan fingerprint density at radius 2 is 1.89 bits per heavy atom. The van der Waals surface area contributed by atoms with Gasteiger partial charge >= 0.3 is 0 Å². The molecule has 1 N–H and O–H groups in total. The Bertz CT molecular complexity index is 488. The van der Waals surface area contributed by atoms with Crippen molar-refractivity contribution in [3.05, 3.63) is 90.7 Å². The van der Waals surface area contributed by atoms with Crippen molar-refractivity contribution >= 4 is 0 Å². The molecular formula is C17H18O. The van der Waals surface area contributed by atoms with Gasteiger partial charge in [-0.25, -0.2) is 0 Å². The third-order valence-electron chi connectivity index (χ3n) is 2.70. The maximum atomic E-state index is 10.2. The molecule has 0 saturated heterocycles. The number of aliphatic hydroxyl groups is 1. The van der Waals surface area contributed by atoms with Crippen LogP contribution < -0.4 is 0 Å². The van der Waals surface area contributed by atoms with Crippen molar-refractivity contribution in [2.45, 2.75) is 12.5 Å². The first-order valence-corrected chi connectivity index (χ1v) is 5.79. The summed E-state index contributed by atoms with van der Waals surface area (Å²) in [6, 6.07) is 9.50. The SMILES string of the molecule is C=C=C(C=C)C/C=C(\C=C)C(O)c1ccccc1. The van der Waals surface area contributed by atoms with Crippen LogP contribution in [0, 0.1) is 0 Å². The monoisotopic (exact) mass is 238 g/mol. The summed E-state index contributed by atoms with van der Waals surface area (Å²) in [7, 11) is 0. The third kappa shape index (κ3) is 3.74. The van der Waals surface area contributed by atoms with Crippen LogP contribution in [0.15, 0.2) is 85.2 Å². The molecule has 1 aromatic rings. The van der Waals surface area contributed by atoms with Crippen LogP contribution in [-0.4, -0.2) is 5.11 Å². The van der Waals surface area contributed by atoms with Crippen LogP contribution >= 0.6 is 0 Å². The predicted molar refractivity (Wildman–Crippen MR) is 77.1 cm³/mol. The molecule has 1 unspecified atom stereocenters. The Hall–Kier alpha value is -2.08. The van der Waals surface area contributed by atoms with Crippen LogP contribution in [-0.2, 0) is 0 Å². The Morgan fingerprint density at radius 3 is 2.39 bits per heavy atom. The molecule has 0 aliphatic carbocycles. The number of allylic oxidation sites excluding steroid dienone is 3. The summed E-state index contributed by atoms with van der Waals surface area (Å²) < 4.78 is 0. The molecule has 0 radical (unpaired) electrons. The highest BCUT2D eigenvalue weighted by Crippen LogP contribution is 2.23. The standard InChI is InChI=1S/C17H18O/c1-4-14(5-2)12-13-15(6-3)17(18)16-10-8-7-9-11-16/h4,6-11,13,17-18H,1-3,12H2/b15-13+. The van der Waals surface area contributed by atoms with E-state index >= 15 is 0 Å². The summed E-state index contributed by atoms with van der Waals surface area (Å²) in [4.78, 5) is 0. The van der Waals surface area contributed by atoms with Crippen LogP contribution in [0.25, 0.3) is 0 Å². The van der Waals surface area contributed by atoms with Crippen LogP contribution in [0.4, 0.5) is 0 Å². The molecule has 92 valence electrons. The second kappa shape index (κ2) is 7.29. The lowest BCUT2D eigenvalue weighted by molar-refractivity contribution is 0.219. The maximum absolute atomic E-state index is 10.2. The van der Waals surface area contributed by atoms with Gasteiger partial charge in [0.2, 0.25) is 0 Å². The predicted octanol–water partition coefficient (Wildman–Crippen LogP) is 4.12. The summed E-state index contributed by atoms with van der Waals surface area (Å²) >= 11 is 0. The van der Waals surface area contributed by atoms with E-state index in [0.717, 1.165) is 16.7 Å². The smallest absolute Gasteiger partial charge is 0.104 e. The average molecular weight is 238 g/mol. The molecule has 0 saturated carbocycles. The lowest BCUT2D eigenvalue weighted by Gasteiger charge is -2.12. The normalized spacial score (nSPS) is 12.4. The average Bonchev–Trinajstić information content (AvgIpc) is 2.44. The lowest BCUT2D eigenvalue weighted by atomic mass is 9.99. The van der Waals surface area contributed by atoms with Gasteiger partial charge in [0.15, 0.2) is 0 Å². The summed E-state index contributed by atoms with van der Waals surface area (Å²) in [5.74, 6) is 0. The highest BCUT2D eigenvalue weighted by Gasteiger charge is 2.09. The molecule has 1 rings (SSSR count). The number of benzene rings is 1. The van der Waals surface area contributed by atoms with E-state index in [1.165, 1.54) is 0 Å². The van der Waals surface area contributed by atoms with E-state index in [-0.39, 0.29) is 0 Å². The van der Waals surface area contributed by atoms with Gasteiger partial charge in [-0.15, -0.1) is 5.73 Å². The van der Waals surface area contributed by atoms with E-state index in [0.29, 0.717) is 6.42 Å². The molecule has 18 heavy (non-hydrogen) atoms. The molecule has 1 atom stereocenters. The molecule has 0 heterocycles. The highest BCUT2D eigenvalue weighted by atomic mass is 16.3. The van der Waals surface area contributed by atoms with Crippen molar-refractivity contribution < 1.29 is 5.11 Å². The molecule has 1 nitrogen and oxygen atoms in total. The Labute approximate surface area is 109 Å². The molecular weight excluding hydrogens is 220 g/mol. The Kier molecular flexibility index (Phi) is 5.66. The summed E-state index contributed by atoms with van der Waals surface area (Å²) in [6.45, 7) is 11.0. The third-order valence-corrected chi connectivity index (χ3v) is 2.70. The first-order valence-electron chi connectivity index (χ1n) is 5.79. The fourth-order valence-corrected chi connectivity index (χ4v) is 1.59. The Morgan fingerprint density at radius 1 is 1.22 bits per heavy atom. The highest BCUT2D eigenvalue weighted by molar-refractivity contribution is 5.33. The van der Waals surface area contributed by atoms with Crippen molar-refractivity contribution in [1.82, 2.24) is 0 Å². The lowest BCUT2D eigenvalue weighted by Crippen LogP contribution is -1.99. The number of rotatable bonds is 6. The van der Waals surface area contributed by atoms with E-state index in [2.05, 4.69) is 25.5 Å². The molecule has 1 aromatic carbocycles. The van der Waals surface area contributed by atoms with Gasteiger partial charge < -0.3 is 5.11 Å². The van der Waals surface area contributed by atoms with Gasteiger partial charge in [-0.2, -0.15) is 0 Å². The molecule has 0 aromatic heterocycles. The minimum absolute atomic E-state index is 0.637. The number of hydrogen-bond donors (Lipinski definition) is 1. The van der Waals surface area contributed by atoms with Crippen molar-refractivity contribution in [3.8, 4) is 0 Å². The molecule has 1 heteroatoms. The molecule has 0 spiro atoms. The summed E-state index contributed by atoms with van der Waals surface area (Å²) in [6.07, 6.45) is 5.28. The van der Waals surface area contributed by atoms with Crippen LogP contribution in [0.3, 0.4) is 0 Å². The molecule has 0 fully saturated rings. The largest absolute Gasteiger partial charge is 0.384 e. The van der Waals surface area contributed by atoms with E-state index in [4.69, 9.17) is 0 Å². The zero-order valence-corrected chi connectivity index (χ0v) is 10.5. The van der Waals surface area contributed by atoms with Gasteiger partial charge in [0.05, 0.1) is 0 Å². The van der Waals surface area contributed by atoms with Crippen molar-refractivity contribution in [2.75, 3.05) is 0 Å². The zero-order valence-electron chi connectivity index (χ0n) is 10.5. The summed E-state index contributed by atoms with van der Waals surface area (Å²) in [5, 5.41) is 10.2. The zero-order chi connectivity index (χ0) is 13.4. The fourth-order valence-electron chi connectivity index (χ4n) is 1.59. The molecule has 0 aliphatic rings. The quantitative estimate of drug-likeness (QED) is 0.584. The second-order valence-corrected chi connectivity index (χ2v) is 3.83. The summed E-state index contributed by atoms with van der Waals surface area (Å²) in [5.41, 5.74) is 5.32. The first-order chi connectivity index (χ1) is 8.72. The molecule has 0 aliphatic heterocycles. The van der Waals surface area contributed by atoms with E-state index in [9.17, 15) is 5.11 Å². The van der Waals surface area contributed by atoms with Crippen LogP contribution in [0.5, 0.6) is 0 Å². The van der Waals surface area contributed by atoms with E-state index < -0.39 is 6.10 Å².